The highest BCUT2D eigenvalue weighted by Crippen LogP contribution is 2.28. The van der Waals surface area contributed by atoms with E-state index in [1.165, 1.54) is 0 Å². The monoisotopic (exact) mass is 269 g/mol. The maximum Gasteiger partial charge on any atom is 0.0624 e. The third-order valence-corrected chi connectivity index (χ3v) is 3.50. The predicted molar refractivity (Wildman–Crippen MR) is 54.8 cm³/mol. The second kappa shape index (κ2) is 4.05. The van der Waals surface area contributed by atoms with Crippen molar-refractivity contribution in [2.75, 3.05) is 13.2 Å². The normalized spacial score (nSPS) is 33.5. The van der Waals surface area contributed by atoms with Gasteiger partial charge in [-0.15, -0.1) is 0 Å². The zero-order chi connectivity index (χ0) is 8.43. The van der Waals surface area contributed by atoms with Gasteiger partial charge >= 0.3 is 0 Å². The van der Waals surface area contributed by atoms with Gasteiger partial charge in [0.15, 0.2) is 0 Å². The van der Waals surface area contributed by atoms with Gasteiger partial charge in [0.25, 0.3) is 0 Å². The first-order chi connectivity index (χ1) is 5.15. The van der Waals surface area contributed by atoms with Crippen LogP contribution in [0.2, 0.25) is 0 Å². The summed E-state index contributed by atoms with van der Waals surface area (Å²) in [6.45, 7) is 5.85. The molecule has 2 atom stereocenters. The smallest absolute Gasteiger partial charge is 0.0624 e. The summed E-state index contributed by atoms with van der Waals surface area (Å²) >= 11 is 2.46. The standard InChI is InChI=1S/C8H16INO/c1-6(2)10-4-7(5-11)3-8(10)9/h6-8,11H,3-5H2,1-2H3. The number of nitrogens with zero attached hydrogens (tertiary/aromatic N) is 1. The molecule has 1 aliphatic rings. The highest BCUT2D eigenvalue weighted by atomic mass is 127. The summed E-state index contributed by atoms with van der Waals surface area (Å²) in [5, 5.41) is 8.95. The van der Waals surface area contributed by atoms with Gasteiger partial charge in [-0.1, -0.05) is 22.6 Å². The second-order valence-electron chi connectivity index (χ2n) is 3.51. The number of aliphatic hydroxyl groups is 1. The lowest BCUT2D eigenvalue weighted by Crippen LogP contribution is -2.32. The quantitative estimate of drug-likeness (QED) is 0.466. The summed E-state index contributed by atoms with van der Waals surface area (Å²) in [7, 11) is 0. The average Bonchev–Trinajstić information content (AvgIpc) is 2.30. The number of aliphatic hydroxyl groups excluding tert-OH is 1. The van der Waals surface area contributed by atoms with Crippen LogP contribution in [0.15, 0.2) is 0 Å². The number of rotatable bonds is 2. The first kappa shape index (κ1) is 9.74. The predicted octanol–water partition coefficient (Wildman–Crippen LogP) is 1.47. The van der Waals surface area contributed by atoms with E-state index in [9.17, 15) is 0 Å². The van der Waals surface area contributed by atoms with Crippen LogP contribution in [0.5, 0.6) is 0 Å². The number of hydrogen-bond acceptors (Lipinski definition) is 2. The van der Waals surface area contributed by atoms with Crippen molar-refractivity contribution in [2.45, 2.75) is 30.4 Å². The molecule has 1 fully saturated rings. The van der Waals surface area contributed by atoms with E-state index in [-0.39, 0.29) is 0 Å². The summed E-state index contributed by atoms with van der Waals surface area (Å²) in [4.78, 5) is 2.45. The van der Waals surface area contributed by atoms with Gasteiger partial charge in [0.1, 0.15) is 0 Å². The number of halogens is 1. The minimum atomic E-state index is 0.350. The van der Waals surface area contributed by atoms with Crippen LogP contribution in [0.1, 0.15) is 20.3 Å². The Morgan fingerprint density at radius 3 is 2.55 bits per heavy atom. The van der Waals surface area contributed by atoms with Crippen molar-refractivity contribution in [1.82, 2.24) is 4.90 Å². The molecule has 11 heavy (non-hydrogen) atoms. The molecule has 0 aromatic heterocycles. The van der Waals surface area contributed by atoms with Gasteiger partial charge in [-0.3, -0.25) is 4.90 Å². The number of hydrogen-bond donors (Lipinski definition) is 1. The van der Waals surface area contributed by atoms with Gasteiger partial charge in [0.05, 0.1) is 4.05 Å². The summed E-state index contributed by atoms with van der Waals surface area (Å²) in [6, 6.07) is 0.619. The van der Waals surface area contributed by atoms with E-state index in [4.69, 9.17) is 5.11 Å². The fraction of sp³-hybridized carbons (Fsp3) is 1.00. The summed E-state index contributed by atoms with van der Waals surface area (Å²) in [6.07, 6.45) is 1.15. The van der Waals surface area contributed by atoms with Crippen LogP contribution in [0, 0.1) is 5.92 Å². The Kier molecular flexibility index (Phi) is 3.58. The minimum Gasteiger partial charge on any atom is -0.396 e. The lowest BCUT2D eigenvalue weighted by molar-refractivity contribution is 0.207. The lowest BCUT2D eigenvalue weighted by Gasteiger charge is -2.23. The zero-order valence-electron chi connectivity index (χ0n) is 7.13. The Morgan fingerprint density at radius 2 is 2.27 bits per heavy atom. The van der Waals surface area contributed by atoms with E-state index in [1.807, 2.05) is 0 Å². The van der Waals surface area contributed by atoms with Gasteiger partial charge in [-0.2, -0.15) is 0 Å². The molecule has 0 amide bonds. The fourth-order valence-electron chi connectivity index (χ4n) is 1.56. The van der Waals surface area contributed by atoms with Gasteiger partial charge in [-0.05, 0) is 26.2 Å². The Bertz CT molecular complexity index is 129. The molecule has 1 heterocycles. The van der Waals surface area contributed by atoms with Crippen LogP contribution in [0.3, 0.4) is 0 Å². The van der Waals surface area contributed by atoms with Crippen molar-refractivity contribution in [1.29, 1.82) is 0 Å². The molecule has 0 aliphatic carbocycles. The fourth-order valence-corrected chi connectivity index (χ4v) is 3.15. The molecule has 2 unspecified atom stereocenters. The van der Waals surface area contributed by atoms with E-state index >= 15 is 0 Å². The van der Waals surface area contributed by atoms with E-state index < -0.39 is 0 Å². The molecule has 1 aliphatic heterocycles. The molecule has 1 rings (SSSR count). The molecule has 0 saturated carbocycles. The summed E-state index contributed by atoms with van der Waals surface area (Å²) in [5.41, 5.74) is 0. The van der Waals surface area contributed by atoms with E-state index in [1.54, 1.807) is 0 Å². The molecule has 3 heteroatoms. The first-order valence-electron chi connectivity index (χ1n) is 4.15. The molecule has 0 aromatic rings. The summed E-state index contributed by atoms with van der Waals surface area (Å²) in [5.74, 6) is 0.513. The number of alkyl halides is 1. The first-order valence-corrected chi connectivity index (χ1v) is 5.40. The maximum absolute atomic E-state index is 8.95. The SMILES string of the molecule is CC(C)N1CC(CO)CC1I. The van der Waals surface area contributed by atoms with Gasteiger partial charge in [-0.25, -0.2) is 0 Å². The van der Waals surface area contributed by atoms with Crippen molar-refractivity contribution in [2.24, 2.45) is 5.92 Å². The second-order valence-corrected chi connectivity index (χ2v) is 4.95. The minimum absolute atomic E-state index is 0.350. The topological polar surface area (TPSA) is 23.5 Å². The molecule has 1 saturated heterocycles. The Labute approximate surface area is 82.1 Å². The van der Waals surface area contributed by atoms with Crippen LogP contribution >= 0.6 is 22.6 Å². The molecule has 1 N–H and O–H groups in total. The van der Waals surface area contributed by atoms with Crippen LogP contribution in [0.25, 0.3) is 0 Å². The van der Waals surface area contributed by atoms with Gasteiger partial charge in [0.2, 0.25) is 0 Å². The molecule has 2 nitrogen and oxygen atoms in total. The van der Waals surface area contributed by atoms with Crippen molar-refractivity contribution in [3.63, 3.8) is 0 Å². The Balaban J connectivity index is 2.45. The van der Waals surface area contributed by atoms with Crippen LogP contribution in [0.4, 0.5) is 0 Å². The third-order valence-electron chi connectivity index (χ3n) is 2.28. The van der Waals surface area contributed by atoms with Crippen LogP contribution in [-0.4, -0.2) is 33.2 Å². The van der Waals surface area contributed by atoms with Crippen LogP contribution in [-0.2, 0) is 0 Å². The highest BCUT2D eigenvalue weighted by molar-refractivity contribution is 14.1. The van der Waals surface area contributed by atoms with E-state index in [2.05, 4.69) is 41.3 Å². The molecule has 0 spiro atoms. The Morgan fingerprint density at radius 1 is 1.64 bits per heavy atom. The average molecular weight is 269 g/mol. The maximum atomic E-state index is 8.95. The van der Waals surface area contributed by atoms with Gasteiger partial charge in [0, 0.05) is 19.2 Å². The van der Waals surface area contributed by atoms with Crippen molar-refractivity contribution in [3.05, 3.63) is 0 Å². The molecular formula is C8H16INO. The Hall–Kier alpha value is 0.650. The zero-order valence-corrected chi connectivity index (χ0v) is 9.28. The van der Waals surface area contributed by atoms with E-state index in [0.29, 0.717) is 22.6 Å². The molecule has 0 bridgehead atoms. The highest BCUT2D eigenvalue weighted by Gasteiger charge is 2.30. The molecule has 0 radical (unpaired) electrons. The molecule has 66 valence electrons. The van der Waals surface area contributed by atoms with Gasteiger partial charge < -0.3 is 5.11 Å². The molecular weight excluding hydrogens is 253 g/mol. The molecule has 0 aromatic carbocycles. The van der Waals surface area contributed by atoms with E-state index in [0.717, 1.165) is 13.0 Å². The van der Waals surface area contributed by atoms with Crippen molar-refractivity contribution in [3.8, 4) is 0 Å². The summed E-state index contributed by atoms with van der Waals surface area (Å²) < 4.78 is 0.629. The largest absolute Gasteiger partial charge is 0.396 e. The van der Waals surface area contributed by atoms with Crippen molar-refractivity contribution < 1.29 is 5.11 Å². The number of likely N-dealkylation sites (tertiary alicyclic amines) is 1. The third kappa shape index (κ3) is 2.29. The van der Waals surface area contributed by atoms with Crippen LogP contribution < -0.4 is 0 Å². The van der Waals surface area contributed by atoms with Crippen molar-refractivity contribution >= 4 is 22.6 Å². The lowest BCUT2D eigenvalue weighted by atomic mass is 10.1.